The van der Waals surface area contributed by atoms with Crippen LogP contribution in [0.1, 0.15) is 22.4 Å². The van der Waals surface area contributed by atoms with Gasteiger partial charge in [-0.25, -0.2) is 4.79 Å². The molecule has 0 atom stereocenters. The maximum absolute atomic E-state index is 12.8. The van der Waals surface area contributed by atoms with E-state index in [2.05, 4.69) is 5.10 Å². The van der Waals surface area contributed by atoms with Crippen molar-refractivity contribution in [3.63, 3.8) is 0 Å². The molecule has 25 heavy (non-hydrogen) atoms. The van der Waals surface area contributed by atoms with E-state index in [-0.39, 0.29) is 12.2 Å². The Morgan fingerprint density at radius 1 is 1.04 bits per heavy atom. The van der Waals surface area contributed by atoms with Crippen molar-refractivity contribution in [2.45, 2.75) is 20.4 Å². The molecular weight excluding hydrogens is 316 g/mol. The third kappa shape index (κ3) is 3.12. The maximum atomic E-state index is 12.8. The van der Waals surface area contributed by atoms with E-state index in [1.54, 1.807) is 12.1 Å². The predicted molar refractivity (Wildman–Crippen MR) is 93.8 cm³/mol. The number of benzene rings is 2. The number of nitriles is 1. The lowest BCUT2D eigenvalue weighted by molar-refractivity contribution is 0.611. The van der Waals surface area contributed by atoms with Gasteiger partial charge in [0.2, 0.25) is 5.69 Å². The Bertz CT molecular complexity index is 1090. The summed E-state index contributed by atoms with van der Waals surface area (Å²) in [4.78, 5) is 25.2. The molecule has 0 unspecified atom stereocenters. The molecule has 3 rings (SSSR count). The zero-order chi connectivity index (χ0) is 18.0. The van der Waals surface area contributed by atoms with Gasteiger partial charge in [-0.15, -0.1) is 5.10 Å². The Labute approximate surface area is 144 Å². The lowest BCUT2D eigenvalue weighted by Crippen LogP contribution is -2.42. The number of aromatic nitrogens is 3. The van der Waals surface area contributed by atoms with E-state index in [4.69, 9.17) is 0 Å². The van der Waals surface area contributed by atoms with Crippen molar-refractivity contribution in [1.82, 2.24) is 14.3 Å². The molecule has 2 aromatic carbocycles. The Kier molecular flexibility index (Phi) is 4.31. The molecule has 0 saturated carbocycles. The molecule has 0 fully saturated rings. The quantitative estimate of drug-likeness (QED) is 0.734. The average Bonchev–Trinajstić information content (AvgIpc) is 2.62. The standard InChI is InChI=1S/C19H16N4O2/c1-13-8-9-16(10-14(13)2)23-19(25)22(18(24)17(11-20)21-23)12-15-6-4-3-5-7-15/h3-10H,12H2,1-2H3. The van der Waals surface area contributed by atoms with Crippen LogP contribution in [-0.2, 0) is 6.54 Å². The summed E-state index contributed by atoms with van der Waals surface area (Å²) in [5.41, 5.74) is 1.82. The smallest absolute Gasteiger partial charge is 0.266 e. The SMILES string of the molecule is Cc1ccc(-n2nc(C#N)c(=O)n(Cc3ccccc3)c2=O)cc1C. The van der Waals surface area contributed by atoms with Crippen LogP contribution in [0.3, 0.4) is 0 Å². The summed E-state index contributed by atoms with van der Waals surface area (Å²) in [6.45, 7) is 3.97. The fraction of sp³-hybridized carbons (Fsp3) is 0.158. The minimum absolute atomic E-state index is 0.0839. The first kappa shape index (κ1) is 16.4. The van der Waals surface area contributed by atoms with Gasteiger partial charge in [0, 0.05) is 0 Å². The molecule has 0 radical (unpaired) electrons. The Morgan fingerprint density at radius 2 is 1.76 bits per heavy atom. The third-order valence-electron chi connectivity index (χ3n) is 4.08. The molecule has 0 spiro atoms. The van der Waals surface area contributed by atoms with Crippen molar-refractivity contribution in [1.29, 1.82) is 5.26 Å². The summed E-state index contributed by atoms with van der Waals surface area (Å²) >= 11 is 0. The molecule has 0 aliphatic rings. The van der Waals surface area contributed by atoms with Gasteiger partial charge in [0.1, 0.15) is 6.07 Å². The lowest BCUT2D eigenvalue weighted by Gasteiger charge is -2.11. The van der Waals surface area contributed by atoms with E-state index < -0.39 is 11.2 Å². The van der Waals surface area contributed by atoms with E-state index in [1.165, 1.54) is 0 Å². The van der Waals surface area contributed by atoms with Crippen LogP contribution in [0.2, 0.25) is 0 Å². The van der Waals surface area contributed by atoms with E-state index >= 15 is 0 Å². The summed E-state index contributed by atoms with van der Waals surface area (Å²) in [7, 11) is 0. The van der Waals surface area contributed by atoms with Gasteiger partial charge in [-0.3, -0.25) is 9.36 Å². The highest BCUT2D eigenvalue weighted by Crippen LogP contribution is 2.11. The van der Waals surface area contributed by atoms with E-state index in [9.17, 15) is 14.9 Å². The van der Waals surface area contributed by atoms with Crippen molar-refractivity contribution >= 4 is 0 Å². The molecule has 0 saturated heterocycles. The van der Waals surface area contributed by atoms with Crippen molar-refractivity contribution in [3.05, 3.63) is 91.8 Å². The summed E-state index contributed by atoms with van der Waals surface area (Å²) in [5.74, 6) is 0. The highest BCUT2D eigenvalue weighted by Gasteiger charge is 2.15. The maximum Gasteiger partial charge on any atom is 0.352 e. The van der Waals surface area contributed by atoms with Gasteiger partial charge in [0.25, 0.3) is 5.56 Å². The minimum Gasteiger partial charge on any atom is -0.266 e. The topological polar surface area (TPSA) is 80.7 Å². The highest BCUT2D eigenvalue weighted by molar-refractivity contribution is 5.39. The van der Waals surface area contributed by atoms with Gasteiger partial charge in [0.15, 0.2) is 0 Å². The first-order valence-electron chi connectivity index (χ1n) is 7.77. The Morgan fingerprint density at radius 3 is 2.40 bits per heavy atom. The summed E-state index contributed by atoms with van der Waals surface area (Å²) < 4.78 is 2.14. The van der Waals surface area contributed by atoms with Crippen molar-refractivity contribution in [2.75, 3.05) is 0 Å². The summed E-state index contributed by atoms with van der Waals surface area (Å²) in [5, 5.41) is 13.2. The van der Waals surface area contributed by atoms with Crippen molar-refractivity contribution in [3.8, 4) is 11.8 Å². The molecule has 0 amide bonds. The molecule has 3 aromatic rings. The largest absolute Gasteiger partial charge is 0.352 e. The monoisotopic (exact) mass is 332 g/mol. The van der Waals surface area contributed by atoms with Crippen LogP contribution in [0.15, 0.2) is 58.1 Å². The number of hydrogen-bond acceptors (Lipinski definition) is 4. The van der Waals surface area contributed by atoms with Crippen LogP contribution in [0.4, 0.5) is 0 Å². The second kappa shape index (κ2) is 6.57. The Balaban J connectivity index is 2.22. The molecule has 0 bridgehead atoms. The molecule has 1 heterocycles. The highest BCUT2D eigenvalue weighted by atomic mass is 16.2. The minimum atomic E-state index is -0.684. The first-order chi connectivity index (χ1) is 12.0. The second-order valence-electron chi connectivity index (χ2n) is 5.80. The van der Waals surface area contributed by atoms with E-state index in [1.807, 2.05) is 56.3 Å². The molecule has 6 nitrogen and oxygen atoms in total. The van der Waals surface area contributed by atoms with Crippen LogP contribution in [-0.4, -0.2) is 14.3 Å². The zero-order valence-corrected chi connectivity index (χ0v) is 13.9. The van der Waals surface area contributed by atoms with Crippen LogP contribution in [0.25, 0.3) is 5.69 Å². The van der Waals surface area contributed by atoms with Crippen LogP contribution >= 0.6 is 0 Å². The van der Waals surface area contributed by atoms with E-state index in [0.29, 0.717) is 5.69 Å². The molecular formula is C19H16N4O2. The fourth-order valence-electron chi connectivity index (χ4n) is 2.52. The van der Waals surface area contributed by atoms with Crippen LogP contribution < -0.4 is 11.2 Å². The van der Waals surface area contributed by atoms with Gasteiger partial charge in [-0.2, -0.15) is 9.94 Å². The molecule has 1 aromatic heterocycles. The fourth-order valence-corrected chi connectivity index (χ4v) is 2.52. The van der Waals surface area contributed by atoms with Gasteiger partial charge in [-0.1, -0.05) is 36.4 Å². The van der Waals surface area contributed by atoms with Crippen molar-refractivity contribution in [2.24, 2.45) is 0 Å². The number of hydrogen-bond donors (Lipinski definition) is 0. The summed E-state index contributed by atoms with van der Waals surface area (Å²) in [6, 6.07) is 16.4. The van der Waals surface area contributed by atoms with Gasteiger partial charge in [-0.05, 0) is 42.7 Å². The molecule has 6 heteroatoms. The van der Waals surface area contributed by atoms with Crippen molar-refractivity contribution < 1.29 is 0 Å². The zero-order valence-electron chi connectivity index (χ0n) is 13.9. The molecule has 124 valence electrons. The lowest BCUT2D eigenvalue weighted by atomic mass is 10.1. The van der Waals surface area contributed by atoms with Crippen LogP contribution in [0.5, 0.6) is 0 Å². The van der Waals surface area contributed by atoms with Gasteiger partial charge >= 0.3 is 5.69 Å². The van der Waals surface area contributed by atoms with Gasteiger partial charge < -0.3 is 0 Å². The van der Waals surface area contributed by atoms with E-state index in [0.717, 1.165) is 25.9 Å². The number of aryl methyl sites for hydroxylation is 2. The summed E-state index contributed by atoms with van der Waals surface area (Å²) in [6.07, 6.45) is 0. The molecule has 0 aliphatic heterocycles. The Hall–Kier alpha value is -3.46. The second-order valence-corrected chi connectivity index (χ2v) is 5.80. The number of nitrogens with zero attached hydrogens (tertiary/aromatic N) is 4. The average molecular weight is 332 g/mol. The normalized spacial score (nSPS) is 10.4. The molecule has 0 N–H and O–H groups in total. The number of rotatable bonds is 3. The van der Waals surface area contributed by atoms with Gasteiger partial charge in [0.05, 0.1) is 12.2 Å². The predicted octanol–water partition coefficient (Wildman–Crippen LogP) is 1.93. The third-order valence-corrected chi connectivity index (χ3v) is 4.08. The van der Waals surface area contributed by atoms with Crippen LogP contribution in [0, 0.1) is 25.2 Å². The molecule has 0 aliphatic carbocycles. The first-order valence-corrected chi connectivity index (χ1v) is 7.77.